The first-order valence-electron chi connectivity index (χ1n) is 6.47. The molecule has 0 unspecified atom stereocenters. The van der Waals surface area contributed by atoms with Crippen molar-refractivity contribution in [2.24, 2.45) is 7.05 Å². The van der Waals surface area contributed by atoms with Crippen LogP contribution in [-0.2, 0) is 7.05 Å². The van der Waals surface area contributed by atoms with Gasteiger partial charge in [0.25, 0.3) is 5.91 Å². The molecule has 0 spiro atoms. The Bertz CT molecular complexity index is 399. The monoisotopic (exact) mass is 253 g/mol. The van der Waals surface area contributed by atoms with E-state index in [1.165, 1.54) is 0 Å². The average Bonchev–Trinajstić information content (AvgIpc) is 2.58. The topological polar surface area (TPSA) is 67.2 Å². The highest BCUT2D eigenvalue weighted by Gasteiger charge is 2.16. The van der Waals surface area contributed by atoms with Crippen molar-refractivity contribution in [3.8, 4) is 0 Å². The Morgan fingerprint density at radius 1 is 1.28 bits per heavy atom. The van der Waals surface area contributed by atoms with Gasteiger partial charge in [0.05, 0.1) is 11.3 Å². The molecule has 1 amide bonds. The molecular weight excluding hydrogens is 230 g/mol. The fraction of sp³-hybridized carbons (Fsp3) is 0.692. The standard InChI is InChI=1S/C13H23N3O2/c1-10-12(11(2)16(3)15-10)13(18)14-8-6-4-5-7-9-17/h17H,4-9H2,1-3H3,(H,14,18). The summed E-state index contributed by atoms with van der Waals surface area (Å²) in [5.74, 6) is -0.0414. The van der Waals surface area contributed by atoms with Gasteiger partial charge < -0.3 is 10.4 Å². The summed E-state index contributed by atoms with van der Waals surface area (Å²) in [6.07, 6.45) is 3.84. The number of carbonyl (C=O) groups is 1. The third-order valence-electron chi connectivity index (χ3n) is 3.11. The van der Waals surface area contributed by atoms with E-state index in [9.17, 15) is 4.79 Å². The number of rotatable bonds is 7. The summed E-state index contributed by atoms with van der Waals surface area (Å²) in [6, 6.07) is 0. The molecule has 0 radical (unpaired) electrons. The second-order valence-corrected chi connectivity index (χ2v) is 4.56. The van der Waals surface area contributed by atoms with E-state index in [1.807, 2.05) is 20.9 Å². The smallest absolute Gasteiger partial charge is 0.255 e. The van der Waals surface area contributed by atoms with Crippen LogP contribution >= 0.6 is 0 Å². The van der Waals surface area contributed by atoms with Crippen molar-refractivity contribution in [1.29, 1.82) is 0 Å². The summed E-state index contributed by atoms with van der Waals surface area (Å²) in [5, 5.41) is 15.8. The molecule has 0 saturated heterocycles. The predicted octanol–water partition coefficient (Wildman–Crippen LogP) is 1.32. The minimum Gasteiger partial charge on any atom is -0.396 e. The van der Waals surface area contributed by atoms with Crippen LogP contribution in [0.1, 0.15) is 47.4 Å². The minimum atomic E-state index is -0.0414. The molecule has 0 aliphatic carbocycles. The number of unbranched alkanes of at least 4 members (excludes halogenated alkanes) is 3. The molecule has 0 aliphatic heterocycles. The van der Waals surface area contributed by atoms with Crippen molar-refractivity contribution >= 4 is 5.91 Å². The lowest BCUT2D eigenvalue weighted by Gasteiger charge is -2.05. The van der Waals surface area contributed by atoms with Gasteiger partial charge in [0.1, 0.15) is 0 Å². The Balaban J connectivity index is 2.37. The maximum absolute atomic E-state index is 12.0. The van der Waals surface area contributed by atoms with E-state index in [2.05, 4.69) is 10.4 Å². The number of amides is 1. The molecule has 0 saturated carbocycles. The molecular formula is C13H23N3O2. The second-order valence-electron chi connectivity index (χ2n) is 4.56. The third kappa shape index (κ3) is 3.84. The SMILES string of the molecule is Cc1nn(C)c(C)c1C(=O)NCCCCCCO. The lowest BCUT2D eigenvalue weighted by molar-refractivity contribution is 0.0951. The van der Waals surface area contributed by atoms with Crippen LogP contribution in [0.15, 0.2) is 0 Å². The largest absolute Gasteiger partial charge is 0.396 e. The van der Waals surface area contributed by atoms with Gasteiger partial charge in [-0.25, -0.2) is 0 Å². The first-order chi connectivity index (χ1) is 8.57. The van der Waals surface area contributed by atoms with Crippen LogP contribution in [0.4, 0.5) is 0 Å². The van der Waals surface area contributed by atoms with Gasteiger partial charge in [0, 0.05) is 25.9 Å². The average molecular weight is 253 g/mol. The minimum absolute atomic E-state index is 0.0414. The first kappa shape index (κ1) is 14.7. The summed E-state index contributed by atoms with van der Waals surface area (Å²) in [4.78, 5) is 12.0. The zero-order valence-corrected chi connectivity index (χ0v) is 11.5. The van der Waals surface area contributed by atoms with Crippen LogP contribution < -0.4 is 5.32 Å². The molecule has 5 nitrogen and oxygen atoms in total. The van der Waals surface area contributed by atoms with Crippen LogP contribution in [-0.4, -0.2) is 33.9 Å². The molecule has 2 N–H and O–H groups in total. The van der Waals surface area contributed by atoms with Gasteiger partial charge in [0.2, 0.25) is 0 Å². The van der Waals surface area contributed by atoms with Gasteiger partial charge in [-0.05, 0) is 26.7 Å². The van der Waals surface area contributed by atoms with Crippen molar-refractivity contribution in [2.45, 2.75) is 39.5 Å². The summed E-state index contributed by atoms with van der Waals surface area (Å²) in [7, 11) is 1.84. The van der Waals surface area contributed by atoms with E-state index in [0.717, 1.165) is 37.1 Å². The molecule has 0 fully saturated rings. The molecule has 5 heteroatoms. The molecule has 0 bridgehead atoms. The highest BCUT2D eigenvalue weighted by atomic mass is 16.2. The highest BCUT2D eigenvalue weighted by Crippen LogP contribution is 2.11. The molecule has 1 heterocycles. The van der Waals surface area contributed by atoms with Gasteiger partial charge in [-0.15, -0.1) is 0 Å². The number of hydrogen-bond donors (Lipinski definition) is 2. The lowest BCUT2D eigenvalue weighted by atomic mass is 10.1. The van der Waals surface area contributed by atoms with E-state index >= 15 is 0 Å². The fourth-order valence-corrected chi connectivity index (χ4v) is 1.98. The van der Waals surface area contributed by atoms with Gasteiger partial charge in [-0.3, -0.25) is 9.48 Å². The molecule has 0 aromatic carbocycles. The number of aliphatic hydroxyl groups excluding tert-OH is 1. The van der Waals surface area contributed by atoms with Gasteiger partial charge in [0.15, 0.2) is 0 Å². The van der Waals surface area contributed by atoms with Gasteiger partial charge in [-0.2, -0.15) is 5.10 Å². The maximum Gasteiger partial charge on any atom is 0.255 e. The van der Waals surface area contributed by atoms with Crippen LogP contribution in [0.2, 0.25) is 0 Å². The number of aromatic nitrogens is 2. The van der Waals surface area contributed by atoms with Crippen LogP contribution in [0.5, 0.6) is 0 Å². The first-order valence-corrected chi connectivity index (χ1v) is 6.47. The van der Waals surface area contributed by atoms with E-state index < -0.39 is 0 Å². The number of aliphatic hydroxyl groups is 1. The highest BCUT2D eigenvalue weighted by molar-refractivity contribution is 5.96. The lowest BCUT2D eigenvalue weighted by Crippen LogP contribution is -2.25. The Kier molecular flexibility index (Phi) is 5.85. The normalized spacial score (nSPS) is 10.7. The maximum atomic E-state index is 12.0. The van der Waals surface area contributed by atoms with Crippen molar-refractivity contribution in [2.75, 3.05) is 13.2 Å². The van der Waals surface area contributed by atoms with Crippen LogP contribution in [0.3, 0.4) is 0 Å². The molecule has 1 aromatic heterocycles. The molecule has 102 valence electrons. The molecule has 18 heavy (non-hydrogen) atoms. The molecule has 0 aliphatic rings. The predicted molar refractivity (Wildman–Crippen MR) is 70.6 cm³/mol. The zero-order valence-electron chi connectivity index (χ0n) is 11.5. The molecule has 0 atom stereocenters. The van der Waals surface area contributed by atoms with Crippen molar-refractivity contribution in [3.05, 3.63) is 17.0 Å². The van der Waals surface area contributed by atoms with E-state index in [1.54, 1.807) is 4.68 Å². The Labute approximate surface area is 108 Å². The Morgan fingerprint density at radius 2 is 1.94 bits per heavy atom. The quantitative estimate of drug-likeness (QED) is 0.720. The number of aryl methyl sites for hydroxylation is 2. The number of carbonyl (C=O) groups excluding carboxylic acids is 1. The second kappa shape index (κ2) is 7.16. The third-order valence-corrected chi connectivity index (χ3v) is 3.11. The number of nitrogens with one attached hydrogen (secondary N) is 1. The summed E-state index contributed by atoms with van der Waals surface area (Å²) in [6.45, 7) is 4.68. The Hall–Kier alpha value is -1.36. The zero-order chi connectivity index (χ0) is 13.5. The van der Waals surface area contributed by atoms with Crippen LogP contribution in [0.25, 0.3) is 0 Å². The van der Waals surface area contributed by atoms with Crippen LogP contribution in [0, 0.1) is 13.8 Å². The fourth-order valence-electron chi connectivity index (χ4n) is 1.98. The van der Waals surface area contributed by atoms with Gasteiger partial charge in [-0.1, -0.05) is 12.8 Å². The van der Waals surface area contributed by atoms with E-state index in [4.69, 9.17) is 5.11 Å². The molecule has 1 aromatic rings. The van der Waals surface area contributed by atoms with E-state index in [-0.39, 0.29) is 12.5 Å². The van der Waals surface area contributed by atoms with Crippen molar-refractivity contribution in [3.63, 3.8) is 0 Å². The summed E-state index contributed by atoms with van der Waals surface area (Å²) < 4.78 is 1.73. The Morgan fingerprint density at radius 3 is 2.50 bits per heavy atom. The number of nitrogens with zero attached hydrogens (tertiary/aromatic N) is 2. The number of hydrogen-bond acceptors (Lipinski definition) is 3. The van der Waals surface area contributed by atoms with Gasteiger partial charge >= 0.3 is 0 Å². The summed E-state index contributed by atoms with van der Waals surface area (Å²) >= 11 is 0. The summed E-state index contributed by atoms with van der Waals surface area (Å²) in [5.41, 5.74) is 2.35. The van der Waals surface area contributed by atoms with Crippen molar-refractivity contribution < 1.29 is 9.90 Å². The molecule has 1 rings (SSSR count). The van der Waals surface area contributed by atoms with Crippen molar-refractivity contribution in [1.82, 2.24) is 15.1 Å². The van der Waals surface area contributed by atoms with E-state index in [0.29, 0.717) is 12.1 Å².